The lowest BCUT2D eigenvalue weighted by atomic mass is 9.98. The van der Waals surface area contributed by atoms with Gasteiger partial charge in [-0.25, -0.2) is 9.69 Å². The number of unbranched alkanes of at least 4 members (excludes halogenated alkanes) is 1. The molecule has 0 bridgehead atoms. The smallest absolute Gasteiger partial charge is 0.334 e. The summed E-state index contributed by atoms with van der Waals surface area (Å²) in [4.78, 5) is 49.4. The van der Waals surface area contributed by atoms with Crippen LogP contribution in [-0.2, 0) is 14.4 Å². The van der Waals surface area contributed by atoms with E-state index in [1.807, 2.05) is 6.92 Å². The minimum absolute atomic E-state index is 0.0871. The van der Waals surface area contributed by atoms with Crippen molar-refractivity contribution >= 4 is 23.8 Å². The molecule has 2 aliphatic rings. The molecular weight excluding hydrogens is 300 g/mol. The molecule has 1 saturated heterocycles. The fourth-order valence-electron chi connectivity index (χ4n) is 2.56. The molecule has 0 unspecified atom stereocenters. The SMILES string of the molecule is CCCCN1C(=O)C(=O)N(CC(=O)N[C@](C)(C#N)C2CC2)C1=O. The third-order valence-corrected chi connectivity index (χ3v) is 4.20. The second kappa shape index (κ2) is 6.36. The highest BCUT2D eigenvalue weighted by Crippen LogP contribution is 2.39. The van der Waals surface area contributed by atoms with E-state index in [2.05, 4.69) is 11.4 Å². The maximum atomic E-state index is 12.1. The van der Waals surface area contributed by atoms with Crippen LogP contribution < -0.4 is 5.32 Å². The van der Waals surface area contributed by atoms with Crippen LogP contribution >= 0.6 is 0 Å². The van der Waals surface area contributed by atoms with Gasteiger partial charge in [0.05, 0.1) is 6.07 Å². The quantitative estimate of drug-likeness (QED) is 0.539. The zero-order valence-corrected chi connectivity index (χ0v) is 13.3. The first kappa shape index (κ1) is 16.9. The van der Waals surface area contributed by atoms with Gasteiger partial charge in [0.25, 0.3) is 0 Å². The number of imide groups is 2. The van der Waals surface area contributed by atoms with Crippen LogP contribution in [0.5, 0.6) is 0 Å². The fraction of sp³-hybridized carbons (Fsp3) is 0.667. The maximum Gasteiger partial charge on any atom is 0.334 e. The van der Waals surface area contributed by atoms with Crippen molar-refractivity contribution in [2.75, 3.05) is 13.1 Å². The van der Waals surface area contributed by atoms with Crippen LogP contribution in [0.2, 0.25) is 0 Å². The Morgan fingerprint density at radius 3 is 2.43 bits per heavy atom. The first-order valence-corrected chi connectivity index (χ1v) is 7.73. The molecule has 124 valence electrons. The van der Waals surface area contributed by atoms with Crippen LogP contribution in [0.25, 0.3) is 0 Å². The number of carbonyl (C=O) groups is 4. The summed E-state index contributed by atoms with van der Waals surface area (Å²) in [6.45, 7) is 3.14. The molecule has 5 amide bonds. The van der Waals surface area contributed by atoms with Gasteiger partial charge in [-0.2, -0.15) is 5.26 Å². The summed E-state index contributed by atoms with van der Waals surface area (Å²) in [6, 6.07) is 1.30. The van der Waals surface area contributed by atoms with Gasteiger partial charge in [-0.15, -0.1) is 0 Å². The van der Waals surface area contributed by atoms with Gasteiger partial charge in [0.15, 0.2) is 0 Å². The van der Waals surface area contributed by atoms with Crippen molar-refractivity contribution in [3.8, 4) is 6.07 Å². The minimum atomic E-state index is -1.01. The number of urea groups is 1. The van der Waals surface area contributed by atoms with Gasteiger partial charge in [-0.3, -0.25) is 19.3 Å². The molecule has 1 N–H and O–H groups in total. The highest BCUT2D eigenvalue weighted by molar-refractivity contribution is 6.45. The Hall–Kier alpha value is -2.43. The Morgan fingerprint density at radius 2 is 1.91 bits per heavy atom. The summed E-state index contributed by atoms with van der Waals surface area (Å²) in [6.07, 6.45) is 3.08. The standard InChI is InChI=1S/C15H20N4O4/c1-3-4-7-18-12(21)13(22)19(14(18)23)8-11(20)17-15(2,9-16)10-5-6-10/h10H,3-8H2,1-2H3,(H,17,20)/t15-/m1/s1. The lowest BCUT2D eigenvalue weighted by molar-refractivity contribution is -0.144. The van der Waals surface area contributed by atoms with Crippen LogP contribution in [0.15, 0.2) is 0 Å². The molecule has 0 spiro atoms. The van der Waals surface area contributed by atoms with E-state index in [1.54, 1.807) is 6.92 Å². The highest BCUT2D eigenvalue weighted by Gasteiger charge is 2.47. The van der Waals surface area contributed by atoms with E-state index in [0.29, 0.717) is 11.3 Å². The van der Waals surface area contributed by atoms with Crippen molar-refractivity contribution in [1.29, 1.82) is 5.26 Å². The average Bonchev–Trinajstić information content (AvgIpc) is 3.34. The zero-order valence-electron chi connectivity index (χ0n) is 13.3. The largest absolute Gasteiger partial charge is 0.336 e. The van der Waals surface area contributed by atoms with Crippen molar-refractivity contribution in [3.63, 3.8) is 0 Å². The lowest BCUT2D eigenvalue weighted by Gasteiger charge is -2.24. The van der Waals surface area contributed by atoms with E-state index in [0.717, 1.165) is 24.2 Å². The molecule has 8 nitrogen and oxygen atoms in total. The lowest BCUT2D eigenvalue weighted by Crippen LogP contribution is -2.51. The normalized spacial score (nSPS) is 20.5. The Labute approximate surface area is 134 Å². The van der Waals surface area contributed by atoms with Crippen LogP contribution in [-0.4, -0.2) is 52.2 Å². The monoisotopic (exact) mass is 320 g/mol. The second-order valence-electron chi connectivity index (χ2n) is 6.12. The van der Waals surface area contributed by atoms with Crippen molar-refractivity contribution in [1.82, 2.24) is 15.1 Å². The van der Waals surface area contributed by atoms with Gasteiger partial charge in [0.1, 0.15) is 12.1 Å². The molecule has 0 aromatic carbocycles. The van der Waals surface area contributed by atoms with E-state index in [4.69, 9.17) is 0 Å². The van der Waals surface area contributed by atoms with E-state index in [9.17, 15) is 24.4 Å². The van der Waals surface area contributed by atoms with Crippen LogP contribution in [0.4, 0.5) is 4.79 Å². The summed E-state index contributed by atoms with van der Waals surface area (Å²) in [5.74, 6) is -2.43. The number of hydrogen-bond donors (Lipinski definition) is 1. The molecule has 1 atom stereocenters. The number of nitrogens with one attached hydrogen (secondary N) is 1. The first-order chi connectivity index (χ1) is 10.8. The molecule has 1 aliphatic carbocycles. The Kier molecular flexibility index (Phi) is 4.68. The number of hydrogen-bond acceptors (Lipinski definition) is 5. The molecule has 0 radical (unpaired) electrons. The molecule has 1 saturated carbocycles. The van der Waals surface area contributed by atoms with Gasteiger partial charge in [0, 0.05) is 6.54 Å². The van der Waals surface area contributed by atoms with E-state index < -0.39 is 35.8 Å². The number of rotatable bonds is 7. The first-order valence-electron chi connectivity index (χ1n) is 7.73. The number of carbonyl (C=O) groups excluding carboxylic acids is 4. The highest BCUT2D eigenvalue weighted by atomic mass is 16.2. The predicted molar refractivity (Wildman–Crippen MR) is 78.6 cm³/mol. The molecule has 0 aromatic heterocycles. The number of nitriles is 1. The Bertz CT molecular complexity index is 593. The van der Waals surface area contributed by atoms with Gasteiger partial charge in [-0.1, -0.05) is 13.3 Å². The summed E-state index contributed by atoms with van der Waals surface area (Å²) in [5.41, 5.74) is -1.01. The third-order valence-electron chi connectivity index (χ3n) is 4.20. The molecule has 8 heteroatoms. The third kappa shape index (κ3) is 3.33. The second-order valence-corrected chi connectivity index (χ2v) is 6.12. The van der Waals surface area contributed by atoms with Crippen molar-refractivity contribution in [3.05, 3.63) is 0 Å². The molecule has 1 aliphatic heterocycles. The summed E-state index contributed by atoms with van der Waals surface area (Å²) < 4.78 is 0. The summed E-state index contributed by atoms with van der Waals surface area (Å²) in [7, 11) is 0. The molecule has 1 heterocycles. The van der Waals surface area contributed by atoms with Crippen molar-refractivity contribution in [2.24, 2.45) is 5.92 Å². The summed E-state index contributed by atoms with van der Waals surface area (Å²) >= 11 is 0. The molecule has 0 aromatic rings. The number of nitrogens with zero attached hydrogens (tertiary/aromatic N) is 3. The minimum Gasteiger partial charge on any atom is -0.336 e. The summed E-state index contributed by atoms with van der Waals surface area (Å²) in [5, 5.41) is 11.8. The van der Waals surface area contributed by atoms with E-state index in [-0.39, 0.29) is 12.5 Å². The molecule has 2 fully saturated rings. The Morgan fingerprint density at radius 1 is 1.30 bits per heavy atom. The maximum absolute atomic E-state index is 12.1. The van der Waals surface area contributed by atoms with Gasteiger partial charge >= 0.3 is 17.8 Å². The van der Waals surface area contributed by atoms with E-state index >= 15 is 0 Å². The zero-order chi connectivity index (χ0) is 17.2. The van der Waals surface area contributed by atoms with Crippen molar-refractivity contribution < 1.29 is 19.2 Å². The Balaban J connectivity index is 2.00. The molecule has 23 heavy (non-hydrogen) atoms. The predicted octanol–water partition coefficient (Wildman–Crippen LogP) is 0.386. The molecular formula is C15H20N4O4. The van der Waals surface area contributed by atoms with Gasteiger partial charge < -0.3 is 5.32 Å². The van der Waals surface area contributed by atoms with Crippen molar-refractivity contribution in [2.45, 2.75) is 45.1 Å². The topological polar surface area (TPSA) is 111 Å². The van der Waals surface area contributed by atoms with E-state index in [1.165, 1.54) is 0 Å². The fourth-order valence-corrected chi connectivity index (χ4v) is 2.56. The average molecular weight is 320 g/mol. The molecule has 2 rings (SSSR count). The van der Waals surface area contributed by atoms with Gasteiger partial charge in [-0.05, 0) is 32.1 Å². The van der Waals surface area contributed by atoms with Crippen LogP contribution in [0.1, 0.15) is 39.5 Å². The number of amides is 5. The van der Waals surface area contributed by atoms with Crippen LogP contribution in [0.3, 0.4) is 0 Å². The van der Waals surface area contributed by atoms with Gasteiger partial charge in [0.2, 0.25) is 5.91 Å². The van der Waals surface area contributed by atoms with Crippen LogP contribution in [0, 0.1) is 17.2 Å².